The number of carbonyl (C=O) groups excluding carboxylic acids is 2. The van der Waals surface area contributed by atoms with Crippen LogP contribution in [0.25, 0.3) is 0 Å². The van der Waals surface area contributed by atoms with Crippen molar-refractivity contribution in [1.29, 1.82) is 0 Å². The third-order valence-corrected chi connectivity index (χ3v) is 2.84. The van der Waals surface area contributed by atoms with E-state index < -0.39 is 0 Å². The second-order valence-electron chi connectivity index (χ2n) is 3.47. The Balaban J connectivity index is 2.35. The Labute approximate surface area is 114 Å². The lowest BCUT2D eigenvalue weighted by molar-refractivity contribution is -0.120. The summed E-state index contributed by atoms with van der Waals surface area (Å²) in [6.07, 6.45) is 0.309. The average molecular weight is 346 g/mol. The molecule has 17 heavy (non-hydrogen) atoms. The van der Waals surface area contributed by atoms with Crippen LogP contribution in [-0.2, 0) is 4.79 Å². The molecule has 0 fully saturated rings. The summed E-state index contributed by atoms with van der Waals surface area (Å²) in [6.45, 7) is 2.84. The summed E-state index contributed by atoms with van der Waals surface area (Å²) >= 11 is 2.18. The van der Waals surface area contributed by atoms with Crippen LogP contribution in [0.5, 0.6) is 0 Å². The highest BCUT2D eigenvalue weighted by Gasteiger charge is 2.05. The van der Waals surface area contributed by atoms with Gasteiger partial charge in [0, 0.05) is 28.6 Å². The Morgan fingerprint density at radius 1 is 1.18 bits per heavy atom. The van der Waals surface area contributed by atoms with Crippen LogP contribution < -0.4 is 10.6 Å². The molecule has 0 aromatic heterocycles. The SMILES string of the molecule is CCNC(=O)CCNC(=O)c1ccc(I)cc1. The van der Waals surface area contributed by atoms with Gasteiger partial charge in [-0.05, 0) is 53.8 Å². The maximum Gasteiger partial charge on any atom is 0.251 e. The minimum Gasteiger partial charge on any atom is -0.356 e. The van der Waals surface area contributed by atoms with E-state index in [1.807, 2.05) is 19.1 Å². The van der Waals surface area contributed by atoms with Gasteiger partial charge in [0.05, 0.1) is 0 Å². The molecule has 0 bridgehead atoms. The molecule has 0 radical (unpaired) electrons. The standard InChI is InChI=1S/C12H15IN2O2/c1-2-14-11(16)7-8-15-12(17)9-3-5-10(13)6-4-9/h3-6H,2,7-8H2,1H3,(H,14,16)(H,15,17). The summed E-state index contributed by atoms with van der Waals surface area (Å²) < 4.78 is 1.08. The summed E-state index contributed by atoms with van der Waals surface area (Å²) in [5, 5.41) is 5.38. The van der Waals surface area contributed by atoms with Gasteiger partial charge in [-0.1, -0.05) is 0 Å². The second kappa shape index (κ2) is 7.26. The summed E-state index contributed by atoms with van der Waals surface area (Å²) in [5.74, 6) is -0.193. The van der Waals surface area contributed by atoms with Gasteiger partial charge in [-0.25, -0.2) is 0 Å². The molecule has 5 heteroatoms. The van der Waals surface area contributed by atoms with Crippen molar-refractivity contribution < 1.29 is 9.59 Å². The molecule has 2 N–H and O–H groups in total. The summed E-state index contributed by atoms with van der Waals surface area (Å²) in [7, 11) is 0. The predicted octanol–water partition coefficient (Wildman–Crippen LogP) is 1.55. The van der Waals surface area contributed by atoms with Crippen molar-refractivity contribution in [1.82, 2.24) is 10.6 Å². The summed E-state index contributed by atoms with van der Waals surface area (Å²) in [5.41, 5.74) is 0.612. The molecule has 0 spiro atoms. The van der Waals surface area contributed by atoms with E-state index in [9.17, 15) is 9.59 Å². The van der Waals surface area contributed by atoms with E-state index in [0.717, 1.165) is 3.57 Å². The lowest BCUT2D eigenvalue weighted by Gasteiger charge is -2.05. The largest absolute Gasteiger partial charge is 0.356 e. The zero-order valence-corrected chi connectivity index (χ0v) is 11.8. The quantitative estimate of drug-likeness (QED) is 0.795. The van der Waals surface area contributed by atoms with Crippen LogP contribution in [0.15, 0.2) is 24.3 Å². The zero-order valence-electron chi connectivity index (χ0n) is 9.63. The molecule has 0 saturated heterocycles. The number of rotatable bonds is 5. The molecule has 0 unspecified atom stereocenters. The van der Waals surface area contributed by atoms with Gasteiger partial charge in [-0.2, -0.15) is 0 Å². The number of benzene rings is 1. The highest BCUT2D eigenvalue weighted by Crippen LogP contribution is 2.06. The van der Waals surface area contributed by atoms with Gasteiger partial charge < -0.3 is 10.6 Å². The Bertz CT molecular complexity index is 390. The van der Waals surface area contributed by atoms with Gasteiger partial charge in [0.25, 0.3) is 5.91 Å². The lowest BCUT2D eigenvalue weighted by Crippen LogP contribution is -2.30. The first-order chi connectivity index (χ1) is 8.13. The molecule has 2 amide bonds. The van der Waals surface area contributed by atoms with E-state index in [-0.39, 0.29) is 11.8 Å². The molecule has 1 aromatic carbocycles. The number of hydrogen-bond donors (Lipinski definition) is 2. The first-order valence-electron chi connectivity index (χ1n) is 5.44. The van der Waals surface area contributed by atoms with Crippen LogP contribution in [0, 0.1) is 3.57 Å². The van der Waals surface area contributed by atoms with Crippen molar-refractivity contribution >= 4 is 34.4 Å². The van der Waals surface area contributed by atoms with Crippen molar-refractivity contribution in [3.63, 3.8) is 0 Å². The van der Waals surface area contributed by atoms with Crippen molar-refractivity contribution in [3.05, 3.63) is 33.4 Å². The van der Waals surface area contributed by atoms with Crippen LogP contribution in [0.1, 0.15) is 23.7 Å². The molecular formula is C12H15IN2O2. The van der Waals surface area contributed by atoms with Gasteiger partial charge in [0.1, 0.15) is 0 Å². The van der Waals surface area contributed by atoms with Gasteiger partial charge in [-0.3, -0.25) is 9.59 Å². The van der Waals surface area contributed by atoms with E-state index in [1.54, 1.807) is 12.1 Å². The molecule has 4 nitrogen and oxygen atoms in total. The molecule has 0 saturated carbocycles. The number of amides is 2. The van der Waals surface area contributed by atoms with E-state index in [1.165, 1.54) is 0 Å². The lowest BCUT2D eigenvalue weighted by atomic mass is 10.2. The summed E-state index contributed by atoms with van der Waals surface area (Å²) in [6, 6.07) is 7.28. The van der Waals surface area contributed by atoms with Gasteiger partial charge in [-0.15, -0.1) is 0 Å². The predicted molar refractivity (Wildman–Crippen MR) is 74.8 cm³/mol. The Morgan fingerprint density at radius 2 is 1.82 bits per heavy atom. The molecular weight excluding hydrogens is 331 g/mol. The fourth-order valence-corrected chi connectivity index (χ4v) is 1.64. The first-order valence-corrected chi connectivity index (χ1v) is 6.52. The molecule has 0 aliphatic rings. The molecule has 92 valence electrons. The number of hydrogen-bond acceptors (Lipinski definition) is 2. The van der Waals surface area contributed by atoms with Gasteiger partial charge in [0.15, 0.2) is 0 Å². The number of nitrogens with one attached hydrogen (secondary N) is 2. The second-order valence-corrected chi connectivity index (χ2v) is 4.71. The van der Waals surface area contributed by atoms with Gasteiger partial charge >= 0.3 is 0 Å². The Morgan fingerprint density at radius 3 is 2.41 bits per heavy atom. The van der Waals surface area contributed by atoms with E-state index in [4.69, 9.17) is 0 Å². The van der Waals surface area contributed by atoms with Crippen LogP contribution in [0.2, 0.25) is 0 Å². The monoisotopic (exact) mass is 346 g/mol. The highest BCUT2D eigenvalue weighted by atomic mass is 127. The van der Waals surface area contributed by atoms with Crippen molar-refractivity contribution in [2.24, 2.45) is 0 Å². The zero-order chi connectivity index (χ0) is 12.7. The summed E-state index contributed by atoms with van der Waals surface area (Å²) in [4.78, 5) is 22.8. The van der Waals surface area contributed by atoms with E-state index in [0.29, 0.717) is 25.1 Å². The average Bonchev–Trinajstić information content (AvgIpc) is 2.30. The molecule has 1 rings (SSSR count). The van der Waals surface area contributed by atoms with Crippen LogP contribution in [0.3, 0.4) is 0 Å². The molecule has 0 atom stereocenters. The van der Waals surface area contributed by atoms with Crippen LogP contribution >= 0.6 is 22.6 Å². The molecule has 0 aliphatic heterocycles. The topological polar surface area (TPSA) is 58.2 Å². The molecule has 0 heterocycles. The van der Waals surface area contributed by atoms with Crippen molar-refractivity contribution in [2.75, 3.05) is 13.1 Å². The van der Waals surface area contributed by atoms with E-state index >= 15 is 0 Å². The number of carbonyl (C=O) groups is 2. The highest BCUT2D eigenvalue weighted by molar-refractivity contribution is 14.1. The van der Waals surface area contributed by atoms with Crippen LogP contribution in [0.4, 0.5) is 0 Å². The maximum atomic E-state index is 11.7. The fourth-order valence-electron chi connectivity index (χ4n) is 1.28. The maximum absolute atomic E-state index is 11.7. The molecule has 0 aliphatic carbocycles. The fraction of sp³-hybridized carbons (Fsp3) is 0.333. The third kappa shape index (κ3) is 5.16. The minimum atomic E-state index is -0.148. The first kappa shape index (κ1) is 14.0. The smallest absolute Gasteiger partial charge is 0.251 e. The third-order valence-electron chi connectivity index (χ3n) is 2.12. The van der Waals surface area contributed by atoms with Crippen molar-refractivity contribution in [2.45, 2.75) is 13.3 Å². The van der Waals surface area contributed by atoms with E-state index in [2.05, 4.69) is 33.2 Å². The minimum absolute atomic E-state index is 0.0459. The van der Waals surface area contributed by atoms with Gasteiger partial charge in [0.2, 0.25) is 5.91 Å². The Hall–Kier alpha value is -1.11. The normalized spacial score (nSPS) is 9.76. The molecule has 1 aromatic rings. The van der Waals surface area contributed by atoms with Crippen LogP contribution in [-0.4, -0.2) is 24.9 Å². The number of halogens is 1. The Kier molecular flexibility index (Phi) is 5.96. The van der Waals surface area contributed by atoms with Crippen molar-refractivity contribution in [3.8, 4) is 0 Å².